The molecule has 0 heterocycles. The lowest BCUT2D eigenvalue weighted by Crippen LogP contribution is -2.16. The monoisotopic (exact) mass is 247 g/mol. The average molecular weight is 247 g/mol. The first kappa shape index (κ1) is 13.3. The van der Waals surface area contributed by atoms with Crippen molar-refractivity contribution in [2.24, 2.45) is 0 Å². The Morgan fingerprint density at radius 3 is 2.47 bits per heavy atom. The van der Waals surface area contributed by atoms with E-state index in [0.29, 0.717) is 11.3 Å². The highest BCUT2D eigenvalue weighted by atomic mass is 28.3. The van der Waals surface area contributed by atoms with Crippen molar-refractivity contribution in [2.45, 2.75) is 19.6 Å². The topological polar surface area (TPSA) is 52.3 Å². The molecule has 2 N–H and O–H groups in total. The van der Waals surface area contributed by atoms with E-state index in [9.17, 15) is 4.79 Å². The quantitative estimate of drug-likeness (QED) is 0.358. The van der Waals surface area contributed by atoms with Gasteiger partial charge in [-0.1, -0.05) is 25.6 Å². The SMILES string of the molecule is COC(=O)c1cc(N)cc(C#C[Si](C)(C)C)c1. The Bertz CT molecular complexity index is 492. The molecule has 0 bridgehead atoms. The van der Waals surface area contributed by atoms with Crippen molar-refractivity contribution >= 4 is 19.7 Å². The Balaban J connectivity index is 3.13. The molecule has 0 spiro atoms. The zero-order chi connectivity index (χ0) is 13.1. The normalized spacial score (nSPS) is 10.4. The number of rotatable bonds is 1. The van der Waals surface area contributed by atoms with Gasteiger partial charge in [0, 0.05) is 11.3 Å². The summed E-state index contributed by atoms with van der Waals surface area (Å²) in [5, 5.41) is 0. The molecular formula is C13H17NO2Si. The van der Waals surface area contributed by atoms with Gasteiger partial charge in [-0.25, -0.2) is 4.79 Å². The summed E-state index contributed by atoms with van der Waals surface area (Å²) in [5.41, 5.74) is 10.7. The fourth-order valence-electron chi connectivity index (χ4n) is 1.22. The van der Waals surface area contributed by atoms with Gasteiger partial charge >= 0.3 is 5.97 Å². The standard InChI is InChI=1S/C13H17NO2Si/c1-16-13(15)11-7-10(8-12(14)9-11)5-6-17(2,3)4/h7-9H,14H2,1-4H3. The molecule has 1 aromatic carbocycles. The van der Waals surface area contributed by atoms with Gasteiger partial charge in [-0.3, -0.25) is 0 Å². The smallest absolute Gasteiger partial charge is 0.337 e. The fourth-order valence-corrected chi connectivity index (χ4v) is 1.74. The summed E-state index contributed by atoms with van der Waals surface area (Å²) in [6.45, 7) is 6.48. The first-order valence-corrected chi connectivity index (χ1v) is 8.84. The average Bonchev–Trinajstić information content (AvgIpc) is 2.23. The maximum atomic E-state index is 11.4. The largest absolute Gasteiger partial charge is 0.465 e. The van der Waals surface area contributed by atoms with E-state index in [1.54, 1.807) is 18.2 Å². The Labute approximate surface area is 103 Å². The Morgan fingerprint density at radius 1 is 1.29 bits per heavy atom. The van der Waals surface area contributed by atoms with Crippen LogP contribution in [0.2, 0.25) is 19.6 Å². The summed E-state index contributed by atoms with van der Waals surface area (Å²) in [7, 11) is -0.0822. The Kier molecular flexibility index (Phi) is 3.97. The molecule has 0 aliphatic carbocycles. The lowest BCUT2D eigenvalue weighted by molar-refractivity contribution is 0.0600. The number of ether oxygens (including phenoxy) is 1. The van der Waals surface area contributed by atoms with E-state index in [2.05, 4.69) is 35.8 Å². The van der Waals surface area contributed by atoms with Crippen LogP contribution in [0.15, 0.2) is 18.2 Å². The highest BCUT2D eigenvalue weighted by Crippen LogP contribution is 2.12. The first-order chi connectivity index (χ1) is 7.81. The zero-order valence-electron chi connectivity index (χ0n) is 10.6. The maximum Gasteiger partial charge on any atom is 0.337 e. The van der Waals surface area contributed by atoms with Crippen LogP contribution in [0.1, 0.15) is 15.9 Å². The lowest BCUT2D eigenvalue weighted by atomic mass is 10.1. The second-order valence-corrected chi connectivity index (χ2v) is 9.59. The number of nitrogen functional groups attached to an aromatic ring is 1. The molecular weight excluding hydrogens is 230 g/mol. The van der Waals surface area contributed by atoms with E-state index in [4.69, 9.17) is 5.73 Å². The molecule has 1 aromatic rings. The third kappa shape index (κ3) is 4.33. The molecule has 0 atom stereocenters. The molecule has 0 saturated carbocycles. The molecule has 3 nitrogen and oxygen atoms in total. The van der Waals surface area contributed by atoms with Gasteiger partial charge in [-0.05, 0) is 18.2 Å². The van der Waals surface area contributed by atoms with Crippen molar-refractivity contribution in [2.75, 3.05) is 12.8 Å². The molecule has 1 rings (SSSR count). The van der Waals surface area contributed by atoms with Crippen LogP contribution >= 0.6 is 0 Å². The molecule has 0 aromatic heterocycles. The molecule has 17 heavy (non-hydrogen) atoms. The van der Waals surface area contributed by atoms with Gasteiger partial charge in [0.05, 0.1) is 12.7 Å². The summed E-state index contributed by atoms with van der Waals surface area (Å²) in [6.07, 6.45) is 0. The minimum atomic E-state index is -1.43. The van der Waals surface area contributed by atoms with Crippen LogP contribution in [0.25, 0.3) is 0 Å². The van der Waals surface area contributed by atoms with Crippen molar-refractivity contribution < 1.29 is 9.53 Å². The van der Waals surface area contributed by atoms with E-state index < -0.39 is 14.0 Å². The van der Waals surface area contributed by atoms with E-state index >= 15 is 0 Å². The molecule has 90 valence electrons. The molecule has 0 aliphatic rings. The maximum absolute atomic E-state index is 11.4. The van der Waals surface area contributed by atoms with Crippen LogP contribution in [0.3, 0.4) is 0 Å². The number of benzene rings is 1. The first-order valence-electron chi connectivity index (χ1n) is 5.34. The molecule has 0 amide bonds. The van der Waals surface area contributed by atoms with Crippen LogP contribution in [-0.2, 0) is 4.74 Å². The van der Waals surface area contributed by atoms with Gasteiger partial charge in [0.2, 0.25) is 0 Å². The van der Waals surface area contributed by atoms with E-state index in [0.717, 1.165) is 5.56 Å². The van der Waals surface area contributed by atoms with Crippen molar-refractivity contribution in [3.63, 3.8) is 0 Å². The van der Waals surface area contributed by atoms with Crippen LogP contribution in [0, 0.1) is 11.5 Å². The summed E-state index contributed by atoms with van der Waals surface area (Å²) in [4.78, 5) is 11.4. The number of carbonyl (C=O) groups excluding carboxylic acids is 1. The Morgan fingerprint density at radius 2 is 1.94 bits per heavy atom. The van der Waals surface area contributed by atoms with Crippen molar-refractivity contribution in [3.05, 3.63) is 29.3 Å². The van der Waals surface area contributed by atoms with Crippen LogP contribution in [-0.4, -0.2) is 21.2 Å². The minimum Gasteiger partial charge on any atom is -0.465 e. The number of esters is 1. The molecule has 4 heteroatoms. The van der Waals surface area contributed by atoms with Crippen LogP contribution in [0.5, 0.6) is 0 Å². The molecule has 0 radical (unpaired) electrons. The zero-order valence-corrected chi connectivity index (χ0v) is 11.6. The Hall–Kier alpha value is -1.73. The predicted molar refractivity (Wildman–Crippen MR) is 72.4 cm³/mol. The van der Waals surface area contributed by atoms with Crippen molar-refractivity contribution in [1.82, 2.24) is 0 Å². The summed E-state index contributed by atoms with van der Waals surface area (Å²) >= 11 is 0. The van der Waals surface area contributed by atoms with Crippen molar-refractivity contribution in [1.29, 1.82) is 0 Å². The predicted octanol–water partition coefficient (Wildman–Crippen LogP) is 2.28. The van der Waals surface area contributed by atoms with Gasteiger partial charge in [-0.15, -0.1) is 5.54 Å². The number of hydrogen-bond acceptors (Lipinski definition) is 3. The summed E-state index contributed by atoms with van der Waals surface area (Å²) < 4.78 is 4.66. The van der Waals surface area contributed by atoms with Gasteiger partial charge < -0.3 is 10.5 Å². The number of carbonyl (C=O) groups is 1. The fraction of sp³-hybridized carbons (Fsp3) is 0.308. The lowest BCUT2D eigenvalue weighted by Gasteiger charge is -2.05. The molecule has 0 saturated heterocycles. The highest BCUT2D eigenvalue weighted by Gasteiger charge is 2.09. The number of nitrogens with two attached hydrogens (primary N) is 1. The van der Waals surface area contributed by atoms with Crippen molar-refractivity contribution in [3.8, 4) is 11.5 Å². The van der Waals surface area contributed by atoms with Gasteiger partial charge in [0.15, 0.2) is 0 Å². The number of methoxy groups -OCH3 is 1. The minimum absolute atomic E-state index is 0.395. The molecule has 0 unspecified atom stereocenters. The van der Waals surface area contributed by atoms with Gasteiger partial charge in [-0.2, -0.15) is 0 Å². The summed E-state index contributed by atoms with van der Waals surface area (Å²) in [5.74, 6) is 2.67. The summed E-state index contributed by atoms with van der Waals surface area (Å²) in [6, 6.07) is 5.06. The van der Waals surface area contributed by atoms with Crippen LogP contribution in [0.4, 0.5) is 5.69 Å². The van der Waals surface area contributed by atoms with E-state index in [-0.39, 0.29) is 0 Å². The second kappa shape index (κ2) is 5.06. The van der Waals surface area contributed by atoms with Crippen LogP contribution < -0.4 is 5.73 Å². The third-order valence-electron chi connectivity index (χ3n) is 1.96. The number of anilines is 1. The van der Waals surface area contributed by atoms with E-state index in [1.807, 2.05) is 0 Å². The third-order valence-corrected chi connectivity index (χ3v) is 2.83. The second-order valence-electron chi connectivity index (χ2n) is 4.84. The molecule has 0 fully saturated rings. The van der Waals surface area contributed by atoms with Gasteiger partial charge in [0.1, 0.15) is 8.07 Å². The van der Waals surface area contributed by atoms with Gasteiger partial charge in [0.25, 0.3) is 0 Å². The molecule has 0 aliphatic heterocycles. The van der Waals surface area contributed by atoms with E-state index in [1.165, 1.54) is 7.11 Å². The number of hydrogen-bond donors (Lipinski definition) is 1. The highest BCUT2D eigenvalue weighted by molar-refractivity contribution is 6.83.